The molecule has 0 saturated carbocycles. The number of hydrogen-bond acceptors (Lipinski definition) is 5. The number of anilines is 2. The molecule has 1 aliphatic rings. The predicted octanol–water partition coefficient (Wildman–Crippen LogP) is 3.11. The number of nitrogens with zero attached hydrogens (tertiary/aromatic N) is 1. The Kier molecular flexibility index (Phi) is 6.69. The van der Waals surface area contributed by atoms with Crippen molar-refractivity contribution >= 4 is 23.3 Å². The first-order valence-corrected chi connectivity index (χ1v) is 9.66. The summed E-state index contributed by atoms with van der Waals surface area (Å²) in [6, 6.07) is 12.5. The Morgan fingerprint density at radius 1 is 1.28 bits per heavy atom. The minimum atomic E-state index is -0.713. The zero-order valence-corrected chi connectivity index (χ0v) is 16.4. The van der Waals surface area contributed by atoms with Crippen LogP contribution in [0.25, 0.3) is 0 Å². The van der Waals surface area contributed by atoms with Gasteiger partial charge in [-0.1, -0.05) is 37.3 Å². The number of carbonyl (C=O) groups is 2. The molecule has 0 aromatic heterocycles. The average molecular weight is 398 g/mol. The van der Waals surface area contributed by atoms with Crippen molar-refractivity contribution in [3.8, 4) is 5.75 Å². The SMILES string of the molecule is CCC(Oc1ccc(NC(N)=O)c2c1CCC(=O)N2)N(O)CCc1ccccc1. The second-order valence-electron chi connectivity index (χ2n) is 6.88. The summed E-state index contributed by atoms with van der Waals surface area (Å²) in [7, 11) is 0. The first-order valence-electron chi connectivity index (χ1n) is 9.66. The molecule has 0 spiro atoms. The van der Waals surface area contributed by atoms with E-state index in [0.717, 1.165) is 11.1 Å². The van der Waals surface area contributed by atoms with Crippen LogP contribution in [0.1, 0.15) is 30.9 Å². The Hall–Kier alpha value is -3.10. The largest absolute Gasteiger partial charge is 0.473 e. The van der Waals surface area contributed by atoms with E-state index in [1.165, 1.54) is 5.06 Å². The molecule has 2 aromatic carbocycles. The smallest absolute Gasteiger partial charge is 0.316 e. The van der Waals surface area contributed by atoms with Crippen molar-refractivity contribution in [2.75, 3.05) is 17.2 Å². The van der Waals surface area contributed by atoms with Crippen molar-refractivity contribution in [2.45, 2.75) is 38.8 Å². The minimum absolute atomic E-state index is 0.138. The van der Waals surface area contributed by atoms with E-state index in [2.05, 4.69) is 10.6 Å². The average Bonchev–Trinajstić information content (AvgIpc) is 2.72. The van der Waals surface area contributed by atoms with E-state index in [4.69, 9.17) is 10.5 Å². The summed E-state index contributed by atoms with van der Waals surface area (Å²) in [4.78, 5) is 23.1. The fraction of sp³-hybridized carbons (Fsp3) is 0.333. The van der Waals surface area contributed by atoms with E-state index in [1.54, 1.807) is 12.1 Å². The van der Waals surface area contributed by atoms with Crippen molar-refractivity contribution in [1.82, 2.24) is 5.06 Å². The van der Waals surface area contributed by atoms with Crippen LogP contribution in [0.4, 0.5) is 16.2 Å². The van der Waals surface area contributed by atoms with Crippen molar-refractivity contribution < 1.29 is 19.5 Å². The van der Waals surface area contributed by atoms with E-state index in [0.29, 0.717) is 49.4 Å². The molecule has 3 rings (SSSR count). The summed E-state index contributed by atoms with van der Waals surface area (Å²) in [5.74, 6) is 0.418. The van der Waals surface area contributed by atoms with Crippen LogP contribution in [0.15, 0.2) is 42.5 Å². The number of carbonyl (C=O) groups excluding carboxylic acids is 2. The lowest BCUT2D eigenvalue weighted by Gasteiger charge is -2.29. The molecule has 1 atom stereocenters. The van der Waals surface area contributed by atoms with Gasteiger partial charge < -0.3 is 26.3 Å². The van der Waals surface area contributed by atoms with Gasteiger partial charge in [-0.3, -0.25) is 4.79 Å². The third-order valence-electron chi connectivity index (χ3n) is 4.81. The summed E-state index contributed by atoms with van der Waals surface area (Å²) >= 11 is 0. The lowest BCUT2D eigenvalue weighted by Crippen LogP contribution is -2.38. The zero-order valence-electron chi connectivity index (χ0n) is 16.4. The molecule has 2 aromatic rings. The molecular weight excluding hydrogens is 372 g/mol. The standard InChI is InChI=1S/C21H26N4O4/c1-2-19(25(28)13-12-14-6-4-3-5-7-14)29-17-10-9-16(23-21(22)27)20-15(17)8-11-18(26)24-20/h3-7,9-10,19,28H,2,8,11-13H2,1H3,(H,24,26)(H3,22,23,27). The van der Waals surface area contributed by atoms with E-state index < -0.39 is 12.3 Å². The number of hydrogen-bond donors (Lipinski definition) is 4. The highest BCUT2D eigenvalue weighted by Crippen LogP contribution is 2.38. The highest BCUT2D eigenvalue weighted by Gasteiger charge is 2.25. The summed E-state index contributed by atoms with van der Waals surface area (Å²) in [6.07, 6.45) is 1.49. The van der Waals surface area contributed by atoms with Crippen molar-refractivity contribution in [1.29, 1.82) is 0 Å². The third kappa shape index (κ3) is 5.24. The summed E-state index contributed by atoms with van der Waals surface area (Å²) in [5.41, 5.74) is 8.03. The molecule has 154 valence electrons. The van der Waals surface area contributed by atoms with Crippen LogP contribution in [0.3, 0.4) is 0 Å². The predicted molar refractivity (Wildman–Crippen MR) is 110 cm³/mol. The first kappa shape index (κ1) is 20.6. The number of urea groups is 1. The summed E-state index contributed by atoms with van der Waals surface area (Å²) in [5, 5.41) is 17.0. The Balaban J connectivity index is 1.75. The Labute approximate surface area is 169 Å². The van der Waals surface area contributed by atoms with Crippen molar-refractivity contribution in [3.63, 3.8) is 0 Å². The number of fused-ring (bicyclic) bond motifs is 1. The van der Waals surface area contributed by atoms with Crippen LogP contribution in [-0.4, -0.2) is 35.0 Å². The van der Waals surface area contributed by atoms with Crippen LogP contribution < -0.4 is 21.1 Å². The van der Waals surface area contributed by atoms with Gasteiger partial charge in [0.15, 0.2) is 6.23 Å². The molecular formula is C21H26N4O4. The van der Waals surface area contributed by atoms with Gasteiger partial charge in [0.2, 0.25) is 5.91 Å². The van der Waals surface area contributed by atoms with Crippen LogP contribution >= 0.6 is 0 Å². The molecule has 0 fully saturated rings. The highest BCUT2D eigenvalue weighted by atomic mass is 16.6. The fourth-order valence-corrected chi connectivity index (χ4v) is 3.34. The second-order valence-corrected chi connectivity index (χ2v) is 6.88. The Bertz CT molecular complexity index is 872. The fourth-order valence-electron chi connectivity index (χ4n) is 3.34. The van der Waals surface area contributed by atoms with Gasteiger partial charge in [-0.05, 0) is 37.0 Å². The van der Waals surface area contributed by atoms with Crippen LogP contribution in [0.2, 0.25) is 0 Å². The van der Waals surface area contributed by atoms with Gasteiger partial charge in [-0.2, -0.15) is 5.06 Å². The molecule has 1 aliphatic heterocycles. The molecule has 0 aliphatic carbocycles. The molecule has 8 nitrogen and oxygen atoms in total. The molecule has 1 unspecified atom stereocenters. The number of nitrogens with two attached hydrogens (primary N) is 1. The quantitative estimate of drug-likeness (QED) is 0.403. The van der Waals surface area contributed by atoms with Gasteiger partial charge in [0.1, 0.15) is 5.75 Å². The van der Waals surface area contributed by atoms with Crippen molar-refractivity contribution in [2.24, 2.45) is 5.73 Å². The van der Waals surface area contributed by atoms with E-state index in [-0.39, 0.29) is 5.91 Å². The maximum absolute atomic E-state index is 11.8. The zero-order chi connectivity index (χ0) is 20.8. The topological polar surface area (TPSA) is 117 Å². The van der Waals surface area contributed by atoms with Gasteiger partial charge in [-0.25, -0.2) is 4.79 Å². The van der Waals surface area contributed by atoms with Crippen LogP contribution in [0.5, 0.6) is 5.75 Å². The molecule has 0 bridgehead atoms. The van der Waals surface area contributed by atoms with E-state index in [1.807, 2.05) is 37.3 Å². The Morgan fingerprint density at radius 3 is 2.72 bits per heavy atom. The molecule has 1 heterocycles. The van der Waals surface area contributed by atoms with Crippen LogP contribution in [-0.2, 0) is 17.6 Å². The number of benzene rings is 2. The summed E-state index contributed by atoms with van der Waals surface area (Å²) < 4.78 is 6.09. The minimum Gasteiger partial charge on any atom is -0.473 e. The monoisotopic (exact) mass is 398 g/mol. The number of amides is 3. The van der Waals surface area contributed by atoms with Gasteiger partial charge in [0.25, 0.3) is 0 Å². The maximum Gasteiger partial charge on any atom is 0.316 e. The van der Waals surface area contributed by atoms with Gasteiger partial charge in [0, 0.05) is 18.5 Å². The normalized spacial score (nSPS) is 14.1. The number of hydroxylamine groups is 2. The number of nitrogens with one attached hydrogen (secondary N) is 2. The van der Waals surface area contributed by atoms with E-state index >= 15 is 0 Å². The highest BCUT2D eigenvalue weighted by molar-refractivity contribution is 6.02. The van der Waals surface area contributed by atoms with Crippen molar-refractivity contribution in [3.05, 3.63) is 53.6 Å². The van der Waals surface area contributed by atoms with E-state index in [9.17, 15) is 14.8 Å². The second kappa shape index (κ2) is 9.40. The lowest BCUT2D eigenvalue weighted by molar-refractivity contribution is -0.185. The molecule has 3 amide bonds. The maximum atomic E-state index is 11.8. The lowest BCUT2D eigenvalue weighted by atomic mass is 10.0. The summed E-state index contributed by atoms with van der Waals surface area (Å²) in [6.45, 7) is 2.34. The Morgan fingerprint density at radius 2 is 2.03 bits per heavy atom. The molecule has 0 saturated heterocycles. The van der Waals surface area contributed by atoms with Gasteiger partial charge in [-0.15, -0.1) is 0 Å². The molecule has 0 radical (unpaired) electrons. The molecule has 29 heavy (non-hydrogen) atoms. The van der Waals surface area contributed by atoms with Gasteiger partial charge >= 0.3 is 6.03 Å². The third-order valence-corrected chi connectivity index (χ3v) is 4.81. The number of rotatable bonds is 8. The molecule has 8 heteroatoms. The van der Waals surface area contributed by atoms with Gasteiger partial charge in [0.05, 0.1) is 11.4 Å². The van der Waals surface area contributed by atoms with Crippen LogP contribution in [0, 0.1) is 0 Å². The molecule has 5 N–H and O–H groups in total. The first-order chi connectivity index (χ1) is 14.0. The number of ether oxygens (including phenoxy) is 1. The number of primary amides is 1.